The highest BCUT2D eigenvalue weighted by atomic mass is 32.2. The Labute approximate surface area is 164 Å². The van der Waals surface area contributed by atoms with Gasteiger partial charge in [-0.05, 0) is 38.8 Å². The van der Waals surface area contributed by atoms with Crippen molar-refractivity contribution in [2.75, 3.05) is 7.05 Å². The fraction of sp³-hybridized carbons (Fsp3) is 0.500. The molecule has 0 N–H and O–H groups in total. The predicted octanol–water partition coefficient (Wildman–Crippen LogP) is 4.21. The number of nitriles is 1. The minimum Gasteiger partial charge on any atom is -0.411 e. The number of carbonyl (C=O) groups is 1. The van der Waals surface area contributed by atoms with Crippen molar-refractivity contribution in [1.29, 1.82) is 5.26 Å². The Balaban J connectivity index is 1.68. The summed E-state index contributed by atoms with van der Waals surface area (Å²) in [4.78, 5) is 14.5. The summed E-state index contributed by atoms with van der Waals surface area (Å²) in [6, 6.07) is 10.2. The van der Waals surface area contributed by atoms with Crippen LogP contribution in [0.2, 0.25) is 0 Å². The van der Waals surface area contributed by atoms with E-state index in [1.165, 1.54) is 11.8 Å². The van der Waals surface area contributed by atoms with Crippen LogP contribution in [-0.2, 0) is 4.79 Å². The topological polar surface area (TPSA) is 83.0 Å². The summed E-state index contributed by atoms with van der Waals surface area (Å²) in [5.74, 6) is 0.352. The number of amides is 1. The van der Waals surface area contributed by atoms with Crippen LogP contribution in [0.5, 0.6) is 0 Å². The second-order valence-corrected chi connectivity index (χ2v) is 8.39. The van der Waals surface area contributed by atoms with Gasteiger partial charge in [0.15, 0.2) is 0 Å². The maximum absolute atomic E-state index is 12.9. The molecule has 1 aliphatic rings. The SMILES string of the molecule is Cc1ccc(-c2nnc(S[C@H](C)C(=O)N(C)C3(C#N)CCCCC3)o2)cc1. The number of rotatable bonds is 5. The van der Waals surface area contributed by atoms with E-state index in [2.05, 4.69) is 16.3 Å². The Morgan fingerprint density at radius 3 is 2.56 bits per heavy atom. The first-order chi connectivity index (χ1) is 12.9. The minimum atomic E-state index is -0.688. The van der Waals surface area contributed by atoms with Crippen LogP contribution in [0, 0.1) is 18.3 Å². The maximum Gasteiger partial charge on any atom is 0.277 e. The predicted molar refractivity (Wildman–Crippen MR) is 104 cm³/mol. The van der Waals surface area contributed by atoms with Crippen molar-refractivity contribution in [2.24, 2.45) is 0 Å². The van der Waals surface area contributed by atoms with Crippen LogP contribution in [0.1, 0.15) is 44.6 Å². The zero-order chi connectivity index (χ0) is 19.4. The van der Waals surface area contributed by atoms with Crippen LogP contribution < -0.4 is 0 Å². The third-order valence-electron chi connectivity index (χ3n) is 5.19. The molecule has 1 aromatic heterocycles. The van der Waals surface area contributed by atoms with Gasteiger partial charge in [-0.2, -0.15) is 5.26 Å². The second kappa shape index (κ2) is 8.13. The van der Waals surface area contributed by atoms with E-state index in [1.54, 1.807) is 11.9 Å². The van der Waals surface area contributed by atoms with Gasteiger partial charge < -0.3 is 9.32 Å². The Morgan fingerprint density at radius 1 is 1.26 bits per heavy atom. The van der Waals surface area contributed by atoms with Gasteiger partial charge in [0.25, 0.3) is 5.22 Å². The fourth-order valence-corrected chi connectivity index (χ4v) is 4.19. The molecule has 2 aromatic rings. The fourth-order valence-electron chi connectivity index (χ4n) is 3.41. The number of benzene rings is 1. The molecule has 27 heavy (non-hydrogen) atoms. The van der Waals surface area contributed by atoms with Crippen LogP contribution in [0.3, 0.4) is 0 Å². The molecule has 1 aromatic carbocycles. The molecule has 6 nitrogen and oxygen atoms in total. The average molecular weight is 385 g/mol. The summed E-state index contributed by atoms with van der Waals surface area (Å²) in [7, 11) is 1.74. The third-order valence-corrected chi connectivity index (χ3v) is 6.11. The molecule has 1 atom stereocenters. The van der Waals surface area contributed by atoms with Gasteiger partial charge in [-0.1, -0.05) is 48.7 Å². The molecule has 1 amide bonds. The molecule has 1 fully saturated rings. The van der Waals surface area contributed by atoms with Crippen molar-refractivity contribution < 1.29 is 9.21 Å². The van der Waals surface area contributed by atoms with E-state index in [0.29, 0.717) is 11.1 Å². The van der Waals surface area contributed by atoms with Gasteiger partial charge >= 0.3 is 0 Å². The summed E-state index contributed by atoms with van der Waals surface area (Å²) >= 11 is 1.23. The number of carbonyl (C=O) groups excluding carboxylic acids is 1. The van der Waals surface area contributed by atoms with E-state index in [1.807, 2.05) is 38.1 Å². The summed E-state index contributed by atoms with van der Waals surface area (Å²) in [6.45, 7) is 3.83. The number of hydrogen-bond donors (Lipinski definition) is 0. The van der Waals surface area contributed by atoms with E-state index in [9.17, 15) is 10.1 Å². The Kier molecular flexibility index (Phi) is 5.85. The summed E-state index contributed by atoms with van der Waals surface area (Å²) in [5.41, 5.74) is 1.32. The Hall–Kier alpha value is -2.33. The van der Waals surface area contributed by atoms with Crippen LogP contribution in [0.25, 0.3) is 11.5 Å². The first-order valence-corrected chi connectivity index (χ1v) is 10.1. The lowest BCUT2D eigenvalue weighted by atomic mass is 9.81. The van der Waals surface area contributed by atoms with E-state index in [0.717, 1.165) is 43.2 Å². The molecule has 0 spiro atoms. The molecule has 0 bridgehead atoms. The van der Waals surface area contributed by atoms with Gasteiger partial charge in [-0.15, -0.1) is 10.2 Å². The molecule has 1 aliphatic carbocycles. The van der Waals surface area contributed by atoms with E-state index in [-0.39, 0.29) is 5.91 Å². The highest BCUT2D eigenvalue weighted by molar-refractivity contribution is 8.00. The zero-order valence-corrected chi connectivity index (χ0v) is 16.8. The van der Waals surface area contributed by atoms with Crippen molar-refractivity contribution in [3.8, 4) is 17.5 Å². The van der Waals surface area contributed by atoms with Gasteiger partial charge in [-0.25, -0.2) is 0 Å². The van der Waals surface area contributed by atoms with Crippen LogP contribution in [-0.4, -0.2) is 38.8 Å². The molecule has 0 saturated heterocycles. The number of aromatic nitrogens is 2. The molecule has 7 heteroatoms. The number of hydrogen-bond acceptors (Lipinski definition) is 6. The lowest BCUT2D eigenvalue weighted by molar-refractivity contribution is -0.133. The summed E-state index contributed by atoms with van der Waals surface area (Å²) in [5, 5.41) is 17.8. The first kappa shape index (κ1) is 19.4. The number of thioether (sulfide) groups is 1. The largest absolute Gasteiger partial charge is 0.411 e. The van der Waals surface area contributed by atoms with Gasteiger partial charge in [0.05, 0.1) is 11.3 Å². The monoisotopic (exact) mass is 384 g/mol. The smallest absolute Gasteiger partial charge is 0.277 e. The summed E-state index contributed by atoms with van der Waals surface area (Å²) in [6.07, 6.45) is 4.56. The molecule has 1 heterocycles. The molecule has 0 unspecified atom stereocenters. The van der Waals surface area contributed by atoms with Crippen molar-refractivity contribution in [3.63, 3.8) is 0 Å². The lowest BCUT2D eigenvalue weighted by Gasteiger charge is -2.39. The normalized spacial score (nSPS) is 17.1. The van der Waals surface area contributed by atoms with Crippen LogP contribution in [0.15, 0.2) is 33.9 Å². The molecule has 142 valence electrons. The van der Waals surface area contributed by atoms with Crippen LogP contribution in [0.4, 0.5) is 0 Å². The highest BCUT2D eigenvalue weighted by Crippen LogP contribution is 2.34. The van der Waals surface area contributed by atoms with Crippen molar-refractivity contribution in [3.05, 3.63) is 29.8 Å². The van der Waals surface area contributed by atoms with Gasteiger partial charge in [0.2, 0.25) is 11.8 Å². The maximum atomic E-state index is 12.9. The Bertz CT molecular complexity index is 834. The number of aryl methyl sites for hydroxylation is 1. The molecular formula is C20H24N4O2S. The van der Waals surface area contributed by atoms with Crippen LogP contribution >= 0.6 is 11.8 Å². The van der Waals surface area contributed by atoms with E-state index < -0.39 is 10.8 Å². The third kappa shape index (κ3) is 4.16. The average Bonchev–Trinajstić information content (AvgIpc) is 3.16. The molecule has 3 rings (SSSR count). The molecular weight excluding hydrogens is 360 g/mol. The quantitative estimate of drug-likeness (QED) is 0.718. The van der Waals surface area contributed by atoms with Gasteiger partial charge in [-0.3, -0.25) is 4.79 Å². The van der Waals surface area contributed by atoms with Gasteiger partial charge in [0.1, 0.15) is 5.54 Å². The van der Waals surface area contributed by atoms with Crippen molar-refractivity contribution >= 4 is 17.7 Å². The second-order valence-electron chi connectivity index (χ2n) is 7.10. The molecule has 1 saturated carbocycles. The minimum absolute atomic E-state index is 0.0847. The zero-order valence-electron chi connectivity index (χ0n) is 15.9. The standard InChI is InChI=1S/C20H24N4O2S/c1-14-7-9-16(10-8-14)17-22-23-19(26-17)27-15(2)18(25)24(3)20(13-21)11-5-4-6-12-20/h7-10,15H,4-6,11-12H2,1-3H3/t15-/m1/s1. The van der Waals surface area contributed by atoms with E-state index in [4.69, 9.17) is 4.42 Å². The molecule has 0 aliphatic heterocycles. The lowest BCUT2D eigenvalue weighted by Crippen LogP contribution is -2.52. The summed E-state index contributed by atoms with van der Waals surface area (Å²) < 4.78 is 5.71. The van der Waals surface area contributed by atoms with Gasteiger partial charge in [0, 0.05) is 12.6 Å². The molecule has 0 radical (unpaired) electrons. The van der Waals surface area contributed by atoms with Crippen molar-refractivity contribution in [2.45, 2.75) is 62.0 Å². The number of nitrogens with zero attached hydrogens (tertiary/aromatic N) is 4. The van der Waals surface area contributed by atoms with Crippen molar-refractivity contribution in [1.82, 2.24) is 15.1 Å². The Morgan fingerprint density at radius 2 is 1.93 bits per heavy atom. The highest BCUT2D eigenvalue weighted by Gasteiger charge is 2.40. The van der Waals surface area contributed by atoms with E-state index >= 15 is 0 Å². The first-order valence-electron chi connectivity index (χ1n) is 9.21.